The van der Waals surface area contributed by atoms with Crippen molar-refractivity contribution in [3.63, 3.8) is 0 Å². The van der Waals surface area contributed by atoms with Crippen LogP contribution in [-0.2, 0) is 6.42 Å². The Hall–Kier alpha value is -4.17. The van der Waals surface area contributed by atoms with Crippen LogP contribution in [0.1, 0.15) is 5.56 Å². The zero-order chi connectivity index (χ0) is 23.1. The Morgan fingerprint density at radius 2 is 1.85 bits per heavy atom. The first-order valence-corrected chi connectivity index (χ1v) is 11.2. The van der Waals surface area contributed by atoms with Gasteiger partial charge in [-0.3, -0.25) is 5.10 Å². The van der Waals surface area contributed by atoms with Crippen LogP contribution in [0.5, 0.6) is 0 Å². The van der Waals surface area contributed by atoms with Crippen LogP contribution in [0.4, 0.5) is 21.8 Å². The van der Waals surface area contributed by atoms with Gasteiger partial charge in [-0.15, -0.1) is 0 Å². The molecule has 34 heavy (non-hydrogen) atoms. The summed E-state index contributed by atoms with van der Waals surface area (Å²) in [5.74, 6) is 0.891. The molecule has 0 bridgehead atoms. The normalized spacial score (nSPS) is 11.5. The quantitative estimate of drug-likeness (QED) is 0.233. The second-order valence-corrected chi connectivity index (χ2v) is 8.47. The van der Waals surface area contributed by atoms with E-state index in [-0.39, 0.29) is 5.82 Å². The van der Waals surface area contributed by atoms with Crippen molar-refractivity contribution in [2.24, 2.45) is 0 Å². The van der Waals surface area contributed by atoms with Crippen LogP contribution in [0.15, 0.2) is 67.0 Å². The molecular formula is C25H19ClFN7. The van der Waals surface area contributed by atoms with E-state index in [2.05, 4.69) is 30.8 Å². The van der Waals surface area contributed by atoms with E-state index >= 15 is 0 Å². The number of nitrogens with one attached hydrogen (secondary N) is 4. The molecule has 4 N–H and O–H groups in total. The molecule has 9 heteroatoms. The number of fused-ring (bicyclic) bond motifs is 3. The fourth-order valence-electron chi connectivity index (χ4n) is 4.11. The molecule has 0 aliphatic heterocycles. The second-order valence-electron chi connectivity index (χ2n) is 8.03. The van der Waals surface area contributed by atoms with Crippen molar-refractivity contribution in [3.05, 3.63) is 83.4 Å². The molecule has 0 aliphatic rings. The minimum atomic E-state index is -0.248. The molecule has 0 atom stereocenters. The lowest BCUT2D eigenvalue weighted by Gasteiger charge is -2.12. The molecule has 3 heterocycles. The minimum absolute atomic E-state index is 0.248. The van der Waals surface area contributed by atoms with Crippen LogP contribution in [0.3, 0.4) is 0 Å². The molecule has 3 aromatic heterocycles. The lowest BCUT2D eigenvalue weighted by Crippen LogP contribution is -2.09. The van der Waals surface area contributed by atoms with Crippen molar-refractivity contribution in [1.82, 2.24) is 25.1 Å². The maximum atomic E-state index is 13.7. The van der Waals surface area contributed by atoms with Crippen molar-refractivity contribution < 1.29 is 4.39 Å². The van der Waals surface area contributed by atoms with Gasteiger partial charge in [-0.2, -0.15) is 10.1 Å². The van der Waals surface area contributed by atoms with Crippen molar-refractivity contribution in [1.29, 1.82) is 0 Å². The summed E-state index contributed by atoms with van der Waals surface area (Å²) >= 11 is 6.25. The van der Waals surface area contributed by atoms with Crippen LogP contribution in [-0.4, -0.2) is 31.7 Å². The summed E-state index contributed by atoms with van der Waals surface area (Å²) in [4.78, 5) is 12.6. The molecule has 3 aromatic carbocycles. The van der Waals surface area contributed by atoms with Crippen molar-refractivity contribution in [2.45, 2.75) is 6.42 Å². The Labute approximate surface area is 198 Å². The fourth-order valence-corrected chi connectivity index (χ4v) is 4.29. The Balaban J connectivity index is 1.28. The molecule has 7 nitrogen and oxygen atoms in total. The van der Waals surface area contributed by atoms with Gasteiger partial charge in [0.05, 0.1) is 17.2 Å². The van der Waals surface area contributed by atoms with Gasteiger partial charge in [-0.25, -0.2) is 9.37 Å². The number of aromatic amines is 2. The topological polar surface area (TPSA) is 94.3 Å². The molecule has 0 fully saturated rings. The summed E-state index contributed by atoms with van der Waals surface area (Å²) < 4.78 is 13.7. The zero-order valence-electron chi connectivity index (χ0n) is 17.9. The van der Waals surface area contributed by atoms with E-state index in [9.17, 15) is 4.39 Å². The predicted molar refractivity (Wildman–Crippen MR) is 134 cm³/mol. The third kappa shape index (κ3) is 3.88. The molecule has 168 valence electrons. The van der Waals surface area contributed by atoms with Crippen LogP contribution >= 0.6 is 11.6 Å². The van der Waals surface area contributed by atoms with Gasteiger partial charge in [0.15, 0.2) is 0 Å². The predicted octanol–water partition coefficient (Wildman–Crippen LogP) is 6.18. The highest BCUT2D eigenvalue weighted by atomic mass is 35.5. The van der Waals surface area contributed by atoms with Gasteiger partial charge < -0.3 is 15.6 Å². The number of nitrogens with zero attached hydrogens (tertiary/aromatic N) is 3. The maximum absolute atomic E-state index is 13.7. The lowest BCUT2D eigenvalue weighted by atomic mass is 10.1. The maximum Gasteiger partial charge on any atom is 0.229 e. The van der Waals surface area contributed by atoms with Gasteiger partial charge in [-0.05, 0) is 66.6 Å². The van der Waals surface area contributed by atoms with E-state index in [1.54, 1.807) is 18.3 Å². The Bertz CT molecular complexity index is 1660. The number of H-pyrrole nitrogens is 2. The summed E-state index contributed by atoms with van der Waals surface area (Å²) in [5.41, 5.74) is 4.53. The van der Waals surface area contributed by atoms with Crippen LogP contribution < -0.4 is 10.6 Å². The van der Waals surface area contributed by atoms with Gasteiger partial charge in [0, 0.05) is 45.1 Å². The molecule has 0 saturated heterocycles. The van der Waals surface area contributed by atoms with Crippen molar-refractivity contribution in [2.75, 3.05) is 17.2 Å². The number of halogens is 2. The summed E-state index contributed by atoms with van der Waals surface area (Å²) in [6.45, 7) is 0.600. The van der Waals surface area contributed by atoms with E-state index in [1.165, 1.54) is 6.07 Å². The first-order chi connectivity index (χ1) is 16.6. The molecule has 6 rings (SSSR count). The average molecular weight is 472 g/mol. The van der Waals surface area contributed by atoms with Gasteiger partial charge in [0.1, 0.15) is 11.6 Å². The van der Waals surface area contributed by atoms with Gasteiger partial charge >= 0.3 is 0 Å². The molecule has 0 unspecified atom stereocenters. The number of hydrogen-bond acceptors (Lipinski definition) is 5. The number of benzene rings is 3. The van der Waals surface area contributed by atoms with Gasteiger partial charge in [-0.1, -0.05) is 11.6 Å². The monoisotopic (exact) mass is 471 g/mol. The van der Waals surface area contributed by atoms with E-state index in [0.29, 0.717) is 29.8 Å². The van der Waals surface area contributed by atoms with Crippen molar-refractivity contribution in [3.8, 4) is 0 Å². The Kier molecular flexibility index (Phi) is 5.00. The largest absolute Gasteiger partial charge is 0.369 e. The smallest absolute Gasteiger partial charge is 0.229 e. The fraction of sp³-hybridized carbons (Fsp3) is 0.0800. The molecule has 0 amide bonds. The first-order valence-electron chi connectivity index (χ1n) is 10.8. The third-order valence-corrected chi connectivity index (χ3v) is 6.01. The molecule has 6 aromatic rings. The van der Waals surface area contributed by atoms with E-state index in [0.717, 1.165) is 44.0 Å². The standard InChI is InChI=1S/C25H19ClFN7/c26-16-1-4-23-20(10-16)24(28-8-7-14-12-29-22-5-2-17(27)11-19(14)22)33-25(32-23)31-18-3-6-21-15(9-18)13-30-34-21/h1-6,9-13,29H,7-8H2,(H,30,34)(H2,28,31,32,33). The van der Waals surface area contributed by atoms with Crippen LogP contribution in [0.2, 0.25) is 5.02 Å². The Morgan fingerprint density at radius 1 is 0.941 bits per heavy atom. The summed E-state index contributed by atoms with van der Waals surface area (Å²) in [6, 6.07) is 16.2. The summed E-state index contributed by atoms with van der Waals surface area (Å²) in [7, 11) is 0. The van der Waals surface area contributed by atoms with Crippen molar-refractivity contribution >= 4 is 61.8 Å². The highest BCUT2D eigenvalue weighted by molar-refractivity contribution is 6.31. The number of rotatable bonds is 6. The molecule has 0 aliphatic carbocycles. The molecule has 0 spiro atoms. The van der Waals surface area contributed by atoms with Crippen LogP contribution in [0, 0.1) is 5.82 Å². The number of anilines is 3. The Morgan fingerprint density at radius 3 is 2.79 bits per heavy atom. The number of aromatic nitrogens is 5. The van der Waals surface area contributed by atoms with Gasteiger partial charge in [0.2, 0.25) is 5.95 Å². The number of hydrogen-bond donors (Lipinski definition) is 4. The SMILES string of the molecule is Fc1ccc2[nH]cc(CCNc3nc(Nc4ccc5[nH]ncc5c4)nc4ccc(Cl)cc34)c2c1. The van der Waals surface area contributed by atoms with E-state index in [4.69, 9.17) is 16.6 Å². The second kappa shape index (κ2) is 8.31. The lowest BCUT2D eigenvalue weighted by molar-refractivity contribution is 0.629. The first kappa shape index (κ1) is 20.4. The summed E-state index contributed by atoms with van der Waals surface area (Å²) in [6.07, 6.45) is 4.38. The zero-order valence-corrected chi connectivity index (χ0v) is 18.6. The highest BCUT2D eigenvalue weighted by Gasteiger charge is 2.11. The average Bonchev–Trinajstić information content (AvgIpc) is 3.46. The molecule has 0 radical (unpaired) electrons. The molecular weight excluding hydrogens is 453 g/mol. The van der Waals surface area contributed by atoms with E-state index < -0.39 is 0 Å². The van der Waals surface area contributed by atoms with Crippen LogP contribution in [0.25, 0.3) is 32.7 Å². The van der Waals surface area contributed by atoms with E-state index in [1.807, 2.05) is 42.6 Å². The summed E-state index contributed by atoms with van der Waals surface area (Å²) in [5, 5.41) is 17.0. The highest BCUT2D eigenvalue weighted by Crippen LogP contribution is 2.28. The van der Waals surface area contributed by atoms with Gasteiger partial charge in [0.25, 0.3) is 0 Å². The third-order valence-electron chi connectivity index (χ3n) is 5.77. The molecule has 0 saturated carbocycles. The minimum Gasteiger partial charge on any atom is -0.369 e.